The van der Waals surface area contributed by atoms with Crippen molar-refractivity contribution in [3.05, 3.63) is 53.6 Å². The molecular weight excluding hydrogens is 448 g/mol. The van der Waals surface area contributed by atoms with Gasteiger partial charge in [0.1, 0.15) is 0 Å². The number of hydrogen-bond acceptors (Lipinski definition) is 5. The molecule has 0 unspecified atom stereocenters. The van der Waals surface area contributed by atoms with Gasteiger partial charge in [-0.3, -0.25) is 10.2 Å². The van der Waals surface area contributed by atoms with Crippen molar-refractivity contribution in [3.8, 4) is 11.5 Å². The average Bonchev–Trinajstić information content (AvgIpc) is 2.84. The van der Waals surface area contributed by atoms with Gasteiger partial charge in [0.25, 0.3) is 5.91 Å². The van der Waals surface area contributed by atoms with Gasteiger partial charge in [0.2, 0.25) is 0 Å². The highest BCUT2D eigenvalue weighted by molar-refractivity contribution is 7.80. The maximum Gasteiger partial charge on any atom is 0.260 e. The van der Waals surface area contributed by atoms with Gasteiger partial charge in [-0.05, 0) is 85.8 Å². The fourth-order valence-corrected chi connectivity index (χ4v) is 3.81. The molecule has 2 N–H and O–H groups in total. The number of nitrogens with one attached hydrogen (secondary N) is 2. The molecule has 0 aromatic heterocycles. The van der Waals surface area contributed by atoms with Crippen molar-refractivity contribution in [2.75, 3.05) is 31.6 Å². The number of nitrogens with zero attached hydrogens (tertiary/aromatic N) is 2. The Bertz CT molecular complexity index is 986. The minimum absolute atomic E-state index is 0.00710. The summed E-state index contributed by atoms with van der Waals surface area (Å²) in [5, 5.41) is 7.73. The number of benzene rings is 2. The Labute approximate surface area is 207 Å². The van der Waals surface area contributed by atoms with Gasteiger partial charge in [-0.1, -0.05) is 26.0 Å². The number of amides is 1. The maximum atomic E-state index is 12.4. The molecule has 1 saturated heterocycles. The quantitative estimate of drug-likeness (QED) is 0.300. The normalized spacial score (nSPS) is 13.7. The molecule has 0 radical (unpaired) electrons. The van der Waals surface area contributed by atoms with Crippen LogP contribution in [-0.2, 0) is 4.79 Å². The predicted octanol–water partition coefficient (Wildman–Crippen LogP) is 4.92. The summed E-state index contributed by atoms with van der Waals surface area (Å²) in [6.45, 7) is 8.34. The molecule has 0 bridgehead atoms. The first-order valence-corrected chi connectivity index (χ1v) is 12.2. The molecule has 0 atom stereocenters. The lowest BCUT2D eigenvalue weighted by Crippen LogP contribution is -2.38. The van der Waals surface area contributed by atoms with Crippen LogP contribution in [0.25, 0.3) is 0 Å². The Morgan fingerprint density at radius 3 is 2.50 bits per heavy atom. The average molecular weight is 483 g/mol. The number of ether oxygens (including phenoxy) is 2. The first kappa shape index (κ1) is 25.5. The molecule has 1 aliphatic heterocycles. The molecule has 34 heavy (non-hydrogen) atoms. The van der Waals surface area contributed by atoms with Gasteiger partial charge in [-0.25, -0.2) is 0 Å². The maximum absolute atomic E-state index is 12.4. The molecule has 2 aromatic carbocycles. The van der Waals surface area contributed by atoms with E-state index in [0.717, 1.165) is 37.2 Å². The molecule has 0 spiro atoms. The van der Waals surface area contributed by atoms with E-state index in [0.29, 0.717) is 29.1 Å². The van der Waals surface area contributed by atoms with Gasteiger partial charge in [-0.15, -0.1) is 0 Å². The number of rotatable bonds is 9. The fourth-order valence-electron chi connectivity index (χ4n) is 3.64. The van der Waals surface area contributed by atoms with E-state index in [1.165, 1.54) is 12.0 Å². The van der Waals surface area contributed by atoms with Crippen LogP contribution in [0.3, 0.4) is 0 Å². The number of hydrazone groups is 1. The zero-order valence-corrected chi connectivity index (χ0v) is 21.0. The highest BCUT2D eigenvalue weighted by atomic mass is 32.1. The van der Waals surface area contributed by atoms with Gasteiger partial charge >= 0.3 is 0 Å². The Balaban J connectivity index is 1.53. The van der Waals surface area contributed by atoms with Crippen molar-refractivity contribution >= 4 is 35.1 Å². The number of piperidine rings is 1. The second-order valence-electron chi connectivity index (χ2n) is 8.47. The largest absolute Gasteiger partial charge is 0.490 e. The number of anilines is 1. The lowest BCUT2D eigenvalue weighted by molar-refractivity contribution is -0.134. The molecule has 1 heterocycles. The summed E-state index contributed by atoms with van der Waals surface area (Å²) >= 11 is 5.32. The first-order valence-electron chi connectivity index (χ1n) is 11.8. The highest BCUT2D eigenvalue weighted by Crippen LogP contribution is 2.28. The van der Waals surface area contributed by atoms with Crippen molar-refractivity contribution in [1.82, 2.24) is 10.3 Å². The number of hydrogen-bond donors (Lipinski definition) is 2. The standard InChI is InChI=1S/C26H34N4O3S/c1-4-32-24-16-20(8-13-23(24)33-18-25(31)30-14-6-5-7-15-30)17-27-29-26(34)28-22-11-9-21(10-12-22)19(2)3/h8-13,16-17,19H,4-7,14-15,18H2,1-3H3,(H2,28,29,34). The van der Waals surface area contributed by atoms with E-state index in [9.17, 15) is 4.79 Å². The molecule has 7 nitrogen and oxygen atoms in total. The van der Waals surface area contributed by atoms with Crippen LogP contribution in [0.15, 0.2) is 47.6 Å². The highest BCUT2D eigenvalue weighted by Gasteiger charge is 2.17. The molecule has 1 aliphatic rings. The summed E-state index contributed by atoms with van der Waals surface area (Å²) in [7, 11) is 0. The van der Waals surface area contributed by atoms with Gasteiger partial charge in [0, 0.05) is 18.8 Å². The van der Waals surface area contributed by atoms with Crippen LogP contribution in [0.4, 0.5) is 5.69 Å². The molecular formula is C26H34N4O3S. The van der Waals surface area contributed by atoms with Crippen LogP contribution in [0.5, 0.6) is 11.5 Å². The van der Waals surface area contributed by atoms with Crippen molar-refractivity contribution < 1.29 is 14.3 Å². The van der Waals surface area contributed by atoms with Crippen molar-refractivity contribution in [2.24, 2.45) is 5.10 Å². The second kappa shape index (κ2) is 12.9. The third-order valence-electron chi connectivity index (χ3n) is 5.54. The molecule has 1 fully saturated rings. The van der Waals surface area contributed by atoms with Crippen LogP contribution < -0.4 is 20.2 Å². The Morgan fingerprint density at radius 1 is 1.09 bits per heavy atom. The number of likely N-dealkylation sites (tertiary alicyclic amines) is 1. The predicted molar refractivity (Wildman–Crippen MR) is 141 cm³/mol. The number of carbonyl (C=O) groups is 1. The van der Waals surface area contributed by atoms with Crippen molar-refractivity contribution in [1.29, 1.82) is 0 Å². The summed E-state index contributed by atoms with van der Waals surface area (Å²) in [5.41, 5.74) is 5.81. The van der Waals surface area contributed by atoms with Crippen molar-refractivity contribution in [2.45, 2.75) is 46.0 Å². The number of thiocarbonyl (C=S) groups is 1. The van der Waals surface area contributed by atoms with Crippen LogP contribution in [0, 0.1) is 0 Å². The van der Waals surface area contributed by atoms with Crippen LogP contribution in [-0.4, -0.2) is 48.4 Å². The summed E-state index contributed by atoms with van der Waals surface area (Å²) in [6.07, 6.45) is 4.95. The van der Waals surface area contributed by atoms with E-state index in [1.807, 2.05) is 36.1 Å². The van der Waals surface area contributed by atoms with E-state index < -0.39 is 0 Å². The fraction of sp³-hybridized carbons (Fsp3) is 0.423. The number of carbonyl (C=O) groups excluding carboxylic acids is 1. The van der Waals surface area contributed by atoms with Crippen molar-refractivity contribution in [3.63, 3.8) is 0 Å². The molecule has 2 aromatic rings. The minimum Gasteiger partial charge on any atom is -0.490 e. The Hall–Kier alpha value is -3.13. The zero-order valence-electron chi connectivity index (χ0n) is 20.2. The summed E-state index contributed by atoms with van der Waals surface area (Å²) in [5.74, 6) is 1.61. The monoisotopic (exact) mass is 482 g/mol. The van der Waals surface area contributed by atoms with Gasteiger partial charge in [0.15, 0.2) is 23.2 Å². The lowest BCUT2D eigenvalue weighted by Gasteiger charge is -2.26. The van der Waals surface area contributed by atoms with Gasteiger partial charge < -0.3 is 19.7 Å². The van der Waals surface area contributed by atoms with E-state index in [1.54, 1.807) is 12.3 Å². The Morgan fingerprint density at radius 2 is 1.82 bits per heavy atom. The Kier molecular flexibility index (Phi) is 9.70. The van der Waals surface area contributed by atoms with Crippen LogP contribution in [0.2, 0.25) is 0 Å². The minimum atomic E-state index is 0.00710. The summed E-state index contributed by atoms with van der Waals surface area (Å²) in [6, 6.07) is 13.6. The van der Waals surface area contributed by atoms with Gasteiger partial charge in [-0.2, -0.15) is 5.10 Å². The van der Waals surface area contributed by atoms with E-state index in [4.69, 9.17) is 21.7 Å². The molecule has 3 rings (SSSR count). The molecule has 0 aliphatic carbocycles. The van der Waals surface area contributed by atoms with E-state index in [2.05, 4.69) is 41.8 Å². The first-order chi connectivity index (χ1) is 16.5. The van der Waals surface area contributed by atoms with E-state index >= 15 is 0 Å². The summed E-state index contributed by atoms with van der Waals surface area (Å²) in [4.78, 5) is 14.3. The molecule has 0 saturated carbocycles. The lowest BCUT2D eigenvalue weighted by atomic mass is 10.0. The van der Waals surface area contributed by atoms with Crippen LogP contribution >= 0.6 is 12.2 Å². The second-order valence-corrected chi connectivity index (χ2v) is 8.88. The smallest absolute Gasteiger partial charge is 0.260 e. The molecule has 8 heteroatoms. The van der Waals surface area contributed by atoms with Crippen LogP contribution in [0.1, 0.15) is 57.1 Å². The SMILES string of the molecule is CCOc1cc(C=NNC(=S)Nc2ccc(C(C)C)cc2)ccc1OCC(=O)N1CCCCC1. The summed E-state index contributed by atoms with van der Waals surface area (Å²) < 4.78 is 11.5. The van der Waals surface area contributed by atoms with E-state index in [-0.39, 0.29) is 12.5 Å². The zero-order chi connectivity index (χ0) is 24.3. The molecule has 182 valence electrons. The molecule has 1 amide bonds. The third-order valence-corrected chi connectivity index (χ3v) is 5.74. The van der Waals surface area contributed by atoms with Gasteiger partial charge in [0.05, 0.1) is 12.8 Å². The third kappa shape index (κ3) is 7.73. The topological polar surface area (TPSA) is 75.2 Å².